The van der Waals surface area contributed by atoms with E-state index in [2.05, 4.69) is 17.2 Å². The SMILES string of the molecule is CC(C)N(c1cc(-c2ccc(NC(=O)c3ccccn3)s2)sc1C(=O)O)C(=O)[C@H]1CC[C@H](C)CC1. The number of nitrogens with one attached hydrogen (secondary N) is 1. The molecule has 7 nitrogen and oxygen atoms in total. The predicted molar refractivity (Wildman–Crippen MR) is 141 cm³/mol. The summed E-state index contributed by atoms with van der Waals surface area (Å²) in [6, 6.07) is 10.4. The number of hydrogen-bond acceptors (Lipinski definition) is 6. The summed E-state index contributed by atoms with van der Waals surface area (Å²) < 4.78 is 0. The smallest absolute Gasteiger partial charge is 0.348 e. The third kappa shape index (κ3) is 5.62. The first-order chi connectivity index (χ1) is 16.7. The topological polar surface area (TPSA) is 99.6 Å². The quantitative estimate of drug-likeness (QED) is 0.383. The van der Waals surface area contributed by atoms with Gasteiger partial charge in [-0.2, -0.15) is 0 Å². The Bertz CT molecular complexity index is 1210. The van der Waals surface area contributed by atoms with E-state index in [0.717, 1.165) is 46.8 Å². The van der Waals surface area contributed by atoms with Crippen LogP contribution in [0.5, 0.6) is 0 Å². The van der Waals surface area contributed by atoms with Gasteiger partial charge in [0, 0.05) is 27.9 Å². The van der Waals surface area contributed by atoms with Crippen LogP contribution in [0, 0.1) is 11.8 Å². The van der Waals surface area contributed by atoms with Crippen molar-refractivity contribution in [2.75, 3.05) is 10.2 Å². The maximum atomic E-state index is 13.5. The first kappa shape index (κ1) is 25.1. The number of carboxylic acids is 1. The molecule has 0 aliphatic heterocycles. The summed E-state index contributed by atoms with van der Waals surface area (Å²) >= 11 is 2.51. The molecule has 1 aliphatic rings. The van der Waals surface area contributed by atoms with Gasteiger partial charge >= 0.3 is 5.97 Å². The molecule has 0 bridgehead atoms. The maximum absolute atomic E-state index is 13.5. The summed E-state index contributed by atoms with van der Waals surface area (Å²) in [5, 5.41) is 13.4. The van der Waals surface area contributed by atoms with Gasteiger partial charge in [0.15, 0.2) is 0 Å². The number of aromatic nitrogens is 1. The van der Waals surface area contributed by atoms with Gasteiger partial charge in [0.25, 0.3) is 5.91 Å². The monoisotopic (exact) mass is 511 g/mol. The van der Waals surface area contributed by atoms with Crippen LogP contribution in [0.1, 0.15) is 66.6 Å². The molecule has 3 aromatic heterocycles. The fourth-order valence-corrected chi connectivity index (χ4v) is 6.37. The highest BCUT2D eigenvalue weighted by Crippen LogP contribution is 2.42. The molecule has 3 heterocycles. The molecule has 2 N–H and O–H groups in total. The predicted octanol–water partition coefficient (Wildman–Crippen LogP) is 6.39. The van der Waals surface area contributed by atoms with Gasteiger partial charge in [0.2, 0.25) is 5.91 Å². The molecular formula is C26H29N3O4S2. The van der Waals surface area contributed by atoms with E-state index in [1.54, 1.807) is 41.4 Å². The lowest BCUT2D eigenvalue weighted by Gasteiger charge is -2.33. The number of amides is 2. The van der Waals surface area contributed by atoms with Crippen LogP contribution >= 0.6 is 22.7 Å². The fraction of sp³-hybridized carbons (Fsp3) is 0.385. The standard InChI is InChI=1S/C26H29N3O4S2/c1-15(2)29(25(31)17-9-7-16(3)8-10-17)19-14-21(35-23(19)26(32)33)20-11-12-22(34-20)28-24(30)18-6-4-5-13-27-18/h4-6,11-17H,7-10H2,1-3H3,(H,28,30)(H,32,33)/t16-,17-. The zero-order valence-electron chi connectivity index (χ0n) is 20.0. The van der Waals surface area contributed by atoms with Gasteiger partial charge < -0.3 is 15.3 Å². The molecular weight excluding hydrogens is 482 g/mol. The minimum absolute atomic E-state index is 0.00763. The molecule has 0 radical (unpaired) electrons. The van der Waals surface area contributed by atoms with Crippen molar-refractivity contribution in [1.29, 1.82) is 0 Å². The summed E-state index contributed by atoms with van der Waals surface area (Å²) in [5.74, 6) is -0.801. The van der Waals surface area contributed by atoms with Crippen LogP contribution in [0.4, 0.5) is 10.7 Å². The van der Waals surface area contributed by atoms with Crippen molar-refractivity contribution in [1.82, 2.24) is 4.98 Å². The van der Waals surface area contributed by atoms with E-state index in [0.29, 0.717) is 22.3 Å². The lowest BCUT2D eigenvalue weighted by atomic mass is 9.82. The van der Waals surface area contributed by atoms with Gasteiger partial charge in [-0.1, -0.05) is 13.0 Å². The highest BCUT2D eigenvalue weighted by molar-refractivity contribution is 7.25. The van der Waals surface area contributed by atoms with Crippen molar-refractivity contribution < 1.29 is 19.5 Å². The minimum atomic E-state index is -1.05. The molecule has 0 atom stereocenters. The lowest BCUT2D eigenvalue weighted by Crippen LogP contribution is -2.42. The number of aromatic carboxylic acids is 1. The van der Waals surface area contributed by atoms with Crippen molar-refractivity contribution in [3.63, 3.8) is 0 Å². The van der Waals surface area contributed by atoms with E-state index < -0.39 is 5.97 Å². The molecule has 0 saturated heterocycles. The van der Waals surface area contributed by atoms with Gasteiger partial charge in [-0.3, -0.25) is 14.6 Å². The van der Waals surface area contributed by atoms with Crippen LogP contribution in [-0.2, 0) is 4.79 Å². The summed E-state index contributed by atoms with van der Waals surface area (Å²) in [6.45, 7) is 6.05. The Labute approximate surface area is 212 Å². The minimum Gasteiger partial charge on any atom is -0.477 e. The molecule has 1 saturated carbocycles. The molecule has 9 heteroatoms. The largest absolute Gasteiger partial charge is 0.477 e. The number of hydrogen-bond donors (Lipinski definition) is 2. The van der Waals surface area contributed by atoms with E-state index >= 15 is 0 Å². The van der Waals surface area contributed by atoms with Gasteiger partial charge in [0.1, 0.15) is 10.6 Å². The van der Waals surface area contributed by atoms with Crippen molar-refractivity contribution in [2.45, 2.75) is 52.5 Å². The number of carboxylic acid groups (broad SMARTS) is 1. The molecule has 1 fully saturated rings. The van der Waals surface area contributed by atoms with E-state index in [9.17, 15) is 19.5 Å². The average Bonchev–Trinajstić information content (AvgIpc) is 3.47. The van der Waals surface area contributed by atoms with Gasteiger partial charge in [-0.25, -0.2) is 4.79 Å². The van der Waals surface area contributed by atoms with Crippen molar-refractivity contribution in [2.24, 2.45) is 11.8 Å². The Morgan fingerprint density at radius 1 is 1.06 bits per heavy atom. The van der Waals surface area contributed by atoms with E-state index in [4.69, 9.17) is 0 Å². The van der Waals surface area contributed by atoms with Crippen molar-refractivity contribution in [3.05, 3.63) is 53.2 Å². The molecule has 3 aromatic rings. The van der Waals surface area contributed by atoms with Gasteiger partial charge in [0.05, 0.1) is 10.7 Å². The molecule has 35 heavy (non-hydrogen) atoms. The Morgan fingerprint density at radius 3 is 2.43 bits per heavy atom. The number of pyridine rings is 1. The van der Waals surface area contributed by atoms with Crippen LogP contribution in [0.3, 0.4) is 0 Å². The summed E-state index contributed by atoms with van der Waals surface area (Å²) in [6.07, 6.45) is 5.28. The summed E-state index contributed by atoms with van der Waals surface area (Å²) in [5.41, 5.74) is 0.765. The fourth-order valence-electron chi connectivity index (χ4n) is 4.40. The molecule has 0 unspecified atom stereocenters. The van der Waals surface area contributed by atoms with Crippen molar-refractivity contribution >= 4 is 51.1 Å². The van der Waals surface area contributed by atoms with Crippen molar-refractivity contribution in [3.8, 4) is 9.75 Å². The van der Waals surface area contributed by atoms with Crippen LogP contribution < -0.4 is 10.2 Å². The number of nitrogens with zero attached hydrogens (tertiary/aromatic N) is 2. The number of carbonyl (C=O) groups excluding carboxylic acids is 2. The normalized spacial score (nSPS) is 17.8. The maximum Gasteiger partial charge on any atom is 0.348 e. The van der Waals surface area contributed by atoms with Gasteiger partial charge in [-0.15, -0.1) is 22.7 Å². The molecule has 184 valence electrons. The number of carbonyl (C=O) groups is 3. The van der Waals surface area contributed by atoms with Crippen LogP contribution in [0.25, 0.3) is 9.75 Å². The second-order valence-electron chi connectivity index (χ2n) is 9.22. The Hall–Kier alpha value is -3.04. The summed E-state index contributed by atoms with van der Waals surface area (Å²) in [7, 11) is 0. The number of thiophene rings is 2. The highest BCUT2D eigenvalue weighted by Gasteiger charge is 2.33. The Balaban J connectivity index is 1.60. The van der Waals surface area contributed by atoms with Crippen LogP contribution in [0.2, 0.25) is 0 Å². The molecule has 4 rings (SSSR count). The van der Waals surface area contributed by atoms with Crippen LogP contribution in [-0.4, -0.2) is 33.9 Å². The Morgan fingerprint density at radius 2 is 1.80 bits per heavy atom. The molecule has 1 aliphatic carbocycles. The molecule has 0 aromatic carbocycles. The Kier molecular flexibility index (Phi) is 7.66. The van der Waals surface area contributed by atoms with Crippen LogP contribution in [0.15, 0.2) is 42.6 Å². The zero-order valence-corrected chi connectivity index (χ0v) is 21.6. The molecule has 0 spiro atoms. The molecule has 2 amide bonds. The first-order valence-electron chi connectivity index (χ1n) is 11.8. The van der Waals surface area contributed by atoms with E-state index in [-0.39, 0.29) is 28.7 Å². The number of rotatable bonds is 7. The summed E-state index contributed by atoms with van der Waals surface area (Å²) in [4.78, 5) is 45.5. The second kappa shape index (κ2) is 10.7. The first-order valence-corrected chi connectivity index (χ1v) is 13.4. The third-order valence-corrected chi connectivity index (χ3v) is 8.58. The highest BCUT2D eigenvalue weighted by atomic mass is 32.1. The third-order valence-electron chi connectivity index (χ3n) is 6.27. The lowest BCUT2D eigenvalue weighted by molar-refractivity contribution is -0.123. The second-order valence-corrected chi connectivity index (χ2v) is 11.4. The van der Waals surface area contributed by atoms with E-state index in [1.165, 1.54) is 11.3 Å². The average molecular weight is 512 g/mol. The van der Waals surface area contributed by atoms with Gasteiger partial charge in [-0.05, 0) is 75.8 Å². The zero-order chi connectivity index (χ0) is 25.1. The van der Waals surface area contributed by atoms with E-state index in [1.807, 2.05) is 19.9 Å². The number of anilines is 2.